The molecule has 2 nitrogen and oxygen atoms in total. The fourth-order valence-corrected chi connectivity index (χ4v) is 4.08. The van der Waals surface area contributed by atoms with Crippen LogP contribution in [0.2, 0.25) is 0 Å². The molecule has 0 amide bonds. The Morgan fingerprint density at radius 3 is 2.05 bits per heavy atom. The minimum Gasteiger partial charge on any atom is -0.297 e. The molecule has 1 aromatic rings. The Morgan fingerprint density at radius 2 is 1.57 bits per heavy atom. The predicted molar refractivity (Wildman–Crippen MR) is 88.7 cm³/mol. The zero-order valence-corrected chi connectivity index (χ0v) is 14.0. The van der Waals surface area contributed by atoms with Gasteiger partial charge in [0.05, 0.1) is 5.54 Å². The molecule has 0 N–H and O–H groups in total. The van der Waals surface area contributed by atoms with Gasteiger partial charge in [-0.1, -0.05) is 56.0 Å². The molecule has 0 aromatic heterocycles. The highest BCUT2D eigenvalue weighted by Crippen LogP contribution is 2.37. The molecule has 1 aliphatic rings. The number of hydrogen-bond donors (Lipinski definition) is 0. The van der Waals surface area contributed by atoms with E-state index in [1.165, 1.54) is 29.5 Å². The predicted octanol–water partition coefficient (Wildman–Crippen LogP) is 4.07. The van der Waals surface area contributed by atoms with Gasteiger partial charge in [-0.3, -0.25) is 9.69 Å². The van der Waals surface area contributed by atoms with E-state index in [4.69, 9.17) is 0 Å². The molecule has 1 aliphatic carbocycles. The lowest BCUT2D eigenvalue weighted by Crippen LogP contribution is -2.53. The second kappa shape index (κ2) is 6.74. The third-order valence-corrected chi connectivity index (χ3v) is 4.96. The van der Waals surface area contributed by atoms with Gasteiger partial charge in [-0.25, -0.2) is 0 Å². The highest BCUT2D eigenvalue weighted by molar-refractivity contribution is 5.90. The van der Waals surface area contributed by atoms with Crippen LogP contribution in [0.25, 0.3) is 0 Å². The summed E-state index contributed by atoms with van der Waals surface area (Å²) in [5.74, 6) is 0.425. The second-order valence-electron chi connectivity index (χ2n) is 6.51. The number of rotatable bonds is 6. The first-order chi connectivity index (χ1) is 10.0. The fraction of sp³-hybridized carbons (Fsp3) is 0.632. The molecule has 2 heteroatoms. The molecule has 0 spiro atoms. The van der Waals surface area contributed by atoms with Crippen LogP contribution in [-0.2, 0) is 11.2 Å². The topological polar surface area (TPSA) is 20.3 Å². The molecule has 21 heavy (non-hydrogen) atoms. The lowest BCUT2D eigenvalue weighted by Gasteiger charge is -2.39. The summed E-state index contributed by atoms with van der Waals surface area (Å²) in [5, 5.41) is 0. The smallest absolute Gasteiger partial charge is 0.157 e. The molecule has 0 saturated heterocycles. The number of nitrogens with zero attached hydrogens (tertiary/aromatic N) is 1. The first-order valence-corrected chi connectivity index (χ1v) is 8.37. The number of aryl methyl sites for hydroxylation is 2. The summed E-state index contributed by atoms with van der Waals surface area (Å²) >= 11 is 0. The van der Waals surface area contributed by atoms with Crippen molar-refractivity contribution < 1.29 is 4.79 Å². The summed E-state index contributed by atoms with van der Waals surface area (Å²) in [6, 6.07) is 6.50. The lowest BCUT2D eigenvalue weighted by molar-refractivity contribution is -0.130. The zero-order valence-electron chi connectivity index (χ0n) is 14.0. The van der Waals surface area contributed by atoms with Gasteiger partial charge >= 0.3 is 0 Å². The van der Waals surface area contributed by atoms with Crippen molar-refractivity contribution in [3.63, 3.8) is 0 Å². The van der Waals surface area contributed by atoms with E-state index >= 15 is 0 Å². The average molecular weight is 287 g/mol. The Balaban J connectivity index is 2.23. The summed E-state index contributed by atoms with van der Waals surface area (Å²) in [6.45, 7) is 10.5. The molecule has 0 atom stereocenters. The van der Waals surface area contributed by atoms with Crippen molar-refractivity contribution in [1.82, 2.24) is 4.90 Å². The van der Waals surface area contributed by atoms with Crippen LogP contribution in [0.1, 0.15) is 56.2 Å². The normalized spacial score (nSPS) is 17.4. The summed E-state index contributed by atoms with van der Waals surface area (Å²) in [5.41, 5.74) is 3.49. The number of likely N-dealkylation sites (N-methyl/N-ethyl adjacent to an activating group) is 1. The van der Waals surface area contributed by atoms with E-state index in [1.54, 1.807) is 0 Å². The number of benzene rings is 1. The number of Topliss-reactive ketones (excluding diaryl/α,β-unsaturated/α-hetero) is 1. The monoisotopic (exact) mass is 287 g/mol. The van der Waals surface area contributed by atoms with Crippen molar-refractivity contribution >= 4 is 5.78 Å². The van der Waals surface area contributed by atoms with Gasteiger partial charge in [-0.05, 0) is 45.3 Å². The van der Waals surface area contributed by atoms with Crippen LogP contribution in [-0.4, -0.2) is 29.3 Å². The van der Waals surface area contributed by atoms with Crippen molar-refractivity contribution in [2.24, 2.45) is 0 Å². The zero-order chi connectivity index (χ0) is 15.5. The molecular formula is C19H29NO. The molecule has 1 saturated carbocycles. The van der Waals surface area contributed by atoms with Gasteiger partial charge < -0.3 is 0 Å². The third-order valence-electron chi connectivity index (χ3n) is 4.96. The average Bonchev–Trinajstić information content (AvgIpc) is 2.89. The molecule has 1 fully saturated rings. The maximum Gasteiger partial charge on any atom is 0.157 e. The molecule has 0 unspecified atom stereocenters. The molecular weight excluding hydrogens is 258 g/mol. The Labute approximate surface area is 129 Å². The van der Waals surface area contributed by atoms with Crippen LogP contribution in [0.15, 0.2) is 18.2 Å². The molecule has 1 aromatic carbocycles. The number of carbonyl (C=O) groups is 1. The van der Waals surface area contributed by atoms with Gasteiger partial charge in [0.15, 0.2) is 5.78 Å². The Kier molecular flexibility index (Phi) is 5.21. The number of hydrogen-bond acceptors (Lipinski definition) is 2. The molecule has 2 rings (SSSR count). The third kappa shape index (κ3) is 3.37. The maximum atomic E-state index is 13.1. The van der Waals surface area contributed by atoms with Crippen molar-refractivity contribution in [2.75, 3.05) is 13.1 Å². The minimum atomic E-state index is -0.193. The molecule has 116 valence electrons. The van der Waals surface area contributed by atoms with Crippen LogP contribution < -0.4 is 0 Å². The SMILES string of the molecule is CCN(CC)C1(C(=O)Cc2cc(C)cc(C)c2)CCCC1. The van der Waals surface area contributed by atoms with Gasteiger partial charge in [0.2, 0.25) is 0 Å². The van der Waals surface area contributed by atoms with Crippen molar-refractivity contribution in [2.45, 2.75) is 65.3 Å². The number of ketones is 1. The van der Waals surface area contributed by atoms with Crippen molar-refractivity contribution in [1.29, 1.82) is 0 Å². The van der Waals surface area contributed by atoms with Crippen LogP contribution in [0.5, 0.6) is 0 Å². The minimum absolute atomic E-state index is 0.193. The molecule has 0 heterocycles. The van der Waals surface area contributed by atoms with Gasteiger partial charge in [0.25, 0.3) is 0 Å². The molecule has 0 radical (unpaired) electrons. The summed E-state index contributed by atoms with van der Waals surface area (Å²) in [7, 11) is 0. The Hall–Kier alpha value is -1.15. The maximum absolute atomic E-state index is 13.1. The largest absolute Gasteiger partial charge is 0.297 e. The Bertz CT molecular complexity index is 476. The van der Waals surface area contributed by atoms with E-state index in [0.717, 1.165) is 25.9 Å². The van der Waals surface area contributed by atoms with E-state index in [-0.39, 0.29) is 5.54 Å². The summed E-state index contributed by atoms with van der Waals surface area (Å²) < 4.78 is 0. The second-order valence-corrected chi connectivity index (χ2v) is 6.51. The summed E-state index contributed by atoms with van der Waals surface area (Å²) in [6.07, 6.45) is 5.04. The first kappa shape index (κ1) is 16.2. The number of carbonyl (C=O) groups excluding carboxylic acids is 1. The van der Waals surface area contributed by atoms with Crippen LogP contribution in [0, 0.1) is 13.8 Å². The standard InChI is InChI=1S/C19H29NO/c1-5-20(6-2)19(9-7-8-10-19)18(21)14-17-12-15(3)11-16(4)13-17/h11-13H,5-10,14H2,1-4H3. The first-order valence-electron chi connectivity index (χ1n) is 8.37. The summed E-state index contributed by atoms with van der Waals surface area (Å²) in [4.78, 5) is 15.5. The highest BCUT2D eigenvalue weighted by atomic mass is 16.1. The van der Waals surface area contributed by atoms with E-state index in [0.29, 0.717) is 12.2 Å². The quantitative estimate of drug-likeness (QED) is 0.786. The molecule has 0 bridgehead atoms. The van der Waals surface area contributed by atoms with E-state index in [1.807, 2.05) is 0 Å². The van der Waals surface area contributed by atoms with Gasteiger partial charge in [0.1, 0.15) is 0 Å². The van der Waals surface area contributed by atoms with E-state index in [2.05, 4.69) is 50.8 Å². The molecule has 0 aliphatic heterocycles. The van der Waals surface area contributed by atoms with Gasteiger partial charge in [-0.15, -0.1) is 0 Å². The van der Waals surface area contributed by atoms with Crippen LogP contribution in [0.4, 0.5) is 0 Å². The highest BCUT2D eigenvalue weighted by Gasteiger charge is 2.44. The van der Waals surface area contributed by atoms with E-state index < -0.39 is 0 Å². The Morgan fingerprint density at radius 1 is 1.05 bits per heavy atom. The van der Waals surface area contributed by atoms with Gasteiger partial charge in [-0.2, -0.15) is 0 Å². The van der Waals surface area contributed by atoms with E-state index in [9.17, 15) is 4.79 Å². The lowest BCUT2D eigenvalue weighted by atomic mass is 9.85. The van der Waals surface area contributed by atoms with Crippen LogP contribution in [0.3, 0.4) is 0 Å². The van der Waals surface area contributed by atoms with Gasteiger partial charge in [0, 0.05) is 6.42 Å². The van der Waals surface area contributed by atoms with Crippen molar-refractivity contribution in [3.8, 4) is 0 Å². The van der Waals surface area contributed by atoms with Crippen molar-refractivity contribution in [3.05, 3.63) is 34.9 Å². The fourth-order valence-electron chi connectivity index (χ4n) is 4.08. The van der Waals surface area contributed by atoms with Crippen LogP contribution >= 0.6 is 0 Å².